The van der Waals surface area contributed by atoms with Crippen molar-refractivity contribution < 1.29 is 9.90 Å². The zero-order chi connectivity index (χ0) is 16.9. The van der Waals surface area contributed by atoms with Crippen molar-refractivity contribution in [3.8, 4) is 5.75 Å². The molecule has 4 nitrogen and oxygen atoms in total. The Morgan fingerprint density at radius 1 is 1.17 bits per heavy atom. The first-order chi connectivity index (χ1) is 11.6. The molecule has 0 aromatic heterocycles. The van der Waals surface area contributed by atoms with Crippen molar-refractivity contribution in [1.82, 2.24) is 10.2 Å². The third kappa shape index (κ3) is 3.89. The minimum atomic E-state index is -0.215. The zero-order valence-corrected chi connectivity index (χ0v) is 14.2. The molecule has 2 N–H and O–H groups in total. The van der Waals surface area contributed by atoms with Gasteiger partial charge in [-0.3, -0.25) is 4.79 Å². The molecule has 0 bridgehead atoms. The number of phenols is 1. The molecule has 5 heteroatoms. The van der Waals surface area contributed by atoms with Gasteiger partial charge in [-0.15, -0.1) is 0 Å². The highest BCUT2D eigenvalue weighted by Gasteiger charge is 2.25. The zero-order valence-electron chi connectivity index (χ0n) is 13.4. The van der Waals surface area contributed by atoms with Gasteiger partial charge in [0.15, 0.2) is 0 Å². The van der Waals surface area contributed by atoms with Crippen LogP contribution in [0.15, 0.2) is 48.5 Å². The second kappa shape index (κ2) is 7.69. The van der Waals surface area contributed by atoms with Crippen molar-refractivity contribution in [3.05, 3.63) is 64.7 Å². The van der Waals surface area contributed by atoms with E-state index in [2.05, 4.69) is 5.32 Å². The number of piperazine rings is 1. The molecule has 1 heterocycles. The Morgan fingerprint density at radius 3 is 2.58 bits per heavy atom. The number of nitrogens with one attached hydrogen (secondary N) is 1. The summed E-state index contributed by atoms with van der Waals surface area (Å²) in [7, 11) is 0. The van der Waals surface area contributed by atoms with E-state index in [1.807, 2.05) is 35.2 Å². The van der Waals surface area contributed by atoms with Crippen LogP contribution >= 0.6 is 11.6 Å². The first-order valence-electron chi connectivity index (χ1n) is 8.17. The maximum atomic E-state index is 12.7. The summed E-state index contributed by atoms with van der Waals surface area (Å²) in [4.78, 5) is 14.6. The largest absolute Gasteiger partial charge is 0.508 e. The number of hydrogen-bond donors (Lipinski definition) is 2. The molecular weight excluding hydrogens is 324 g/mol. The van der Waals surface area contributed by atoms with E-state index >= 15 is 0 Å². The predicted molar refractivity (Wildman–Crippen MR) is 95.5 cm³/mol. The van der Waals surface area contributed by atoms with E-state index in [0.717, 1.165) is 31.7 Å². The van der Waals surface area contributed by atoms with Gasteiger partial charge in [0.05, 0.1) is 0 Å². The van der Waals surface area contributed by atoms with Crippen molar-refractivity contribution in [3.63, 3.8) is 0 Å². The van der Waals surface area contributed by atoms with Crippen molar-refractivity contribution in [2.45, 2.75) is 12.3 Å². The van der Waals surface area contributed by atoms with E-state index < -0.39 is 0 Å². The van der Waals surface area contributed by atoms with E-state index in [1.165, 1.54) is 0 Å². The van der Waals surface area contributed by atoms with Gasteiger partial charge in [-0.05, 0) is 23.8 Å². The van der Waals surface area contributed by atoms with Gasteiger partial charge in [0, 0.05) is 49.1 Å². The second-order valence-corrected chi connectivity index (χ2v) is 6.44. The fraction of sp³-hybridized carbons (Fsp3) is 0.316. The highest BCUT2D eigenvalue weighted by molar-refractivity contribution is 6.30. The smallest absolute Gasteiger partial charge is 0.223 e. The van der Waals surface area contributed by atoms with Crippen molar-refractivity contribution in [2.75, 3.05) is 26.2 Å². The van der Waals surface area contributed by atoms with Crippen LogP contribution in [0.4, 0.5) is 0 Å². The lowest BCUT2D eigenvalue weighted by atomic mass is 9.87. The summed E-state index contributed by atoms with van der Waals surface area (Å²) in [5, 5.41) is 14.1. The number of aromatic hydroxyl groups is 1. The molecule has 1 aliphatic rings. The van der Waals surface area contributed by atoms with E-state index in [0.29, 0.717) is 17.0 Å². The molecule has 0 radical (unpaired) electrons. The summed E-state index contributed by atoms with van der Waals surface area (Å²) >= 11 is 6.12. The summed E-state index contributed by atoms with van der Waals surface area (Å²) in [6, 6.07) is 14.8. The molecule has 2 aromatic rings. The first-order valence-corrected chi connectivity index (χ1v) is 8.55. The number of hydrogen-bond acceptors (Lipinski definition) is 3. The van der Waals surface area contributed by atoms with Crippen molar-refractivity contribution >= 4 is 17.5 Å². The van der Waals surface area contributed by atoms with Crippen LogP contribution in [0.2, 0.25) is 5.02 Å². The molecule has 24 heavy (non-hydrogen) atoms. The van der Waals surface area contributed by atoms with Crippen LogP contribution < -0.4 is 5.32 Å². The molecular formula is C19H21ClN2O2. The van der Waals surface area contributed by atoms with Gasteiger partial charge >= 0.3 is 0 Å². The third-order valence-corrected chi connectivity index (χ3v) is 4.65. The van der Waals surface area contributed by atoms with Crippen molar-refractivity contribution in [2.24, 2.45) is 0 Å². The lowest BCUT2D eigenvalue weighted by molar-refractivity contribution is -0.132. The lowest BCUT2D eigenvalue weighted by Gasteiger charge is -2.29. The van der Waals surface area contributed by atoms with E-state index in [4.69, 9.17) is 11.6 Å². The Kier molecular flexibility index (Phi) is 5.38. The average molecular weight is 345 g/mol. The fourth-order valence-electron chi connectivity index (χ4n) is 3.12. The monoisotopic (exact) mass is 344 g/mol. The normalized spacial score (nSPS) is 16.0. The maximum Gasteiger partial charge on any atom is 0.223 e. The number of halogens is 1. The average Bonchev–Trinajstić information content (AvgIpc) is 2.63. The summed E-state index contributed by atoms with van der Waals surface area (Å²) in [6.45, 7) is 3.10. The molecule has 3 rings (SSSR count). The third-order valence-electron chi connectivity index (χ3n) is 4.42. The van der Waals surface area contributed by atoms with Crippen LogP contribution in [0.5, 0.6) is 5.75 Å². The van der Waals surface area contributed by atoms with Crippen LogP contribution in [-0.4, -0.2) is 42.1 Å². The van der Waals surface area contributed by atoms with Gasteiger partial charge in [-0.1, -0.05) is 41.9 Å². The molecule has 1 aliphatic heterocycles. The summed E-state index contributed by atoms with van der Waals surface area (Å²) in [5.41, 5.74) is 1.69. The van der Waals surface area contributed by atoms with Crippen LogP contribution in [0.3, 0.4) is 0 Å². The molecule has 1 saturated heterocycles. The number of nitrogens with zero attached hydrogens (tertiary/aromatic N) is 1. The molecule has 126 valence electrons. The van der Waals surface area contributed by atoms with Gasteiger partial charge in [-0.2, -0.15) is 0 Å². The summed E-state index contributed by atoms with van der Waals surface area (Å²) in [5.74, 6) is 0.0541. The summed E-state index contributed by atoms with van der Waals surface area (Å²) < 4.78 is 0. The number of carbonyl (C=O) groups excluding carboxylic acids is 1. The predicted octanol–water partition coefficient (Wildman–Crippen LogP) is 3.00. The second-order valence-electron chi connectivity index (χ2n) is 6.00. The maximum absolute atomic E-state index is 12.7. The van der Waals surface area contributed by atoms with E-state index in [-0.39, 0.29) is 17.6 Å². The van der Waals surface area contributed by atoms with Gasteiger partial charge in [0.25, 0.3) is 0 Å². The van der Waals surface area contributed by atoms with E-state index in [9.17, 15) is 9.90 Å². The first kappa shape index (κ1) is 16.8. The molecule has 0 spiro atoms. The van der Waals surface area contributed by atoms with Crippen molar-refractivity contribution in [1.29, 1.82) is 0 Å². The Hall–Kier alpha value is -2.04. The minimum absolute atomic E-state index is 0.102. The minimum Gasteiger partial charge on any atom is -0.508 e. The van der Waals surface area contributed by atoms with Crippen LogP contribution in [0, 0.1) is 0 Å². The number of amides is 1. The van der Waals surface area contributed by atoms with Gasteiger partial charge in [-0.25, -0.2) is 0 Å². The number of benzene rings is 2. The number of rotatable bonds is 4. The molecule has 1 atom stereocenters. The van der Waals surface area contributed by atoms with Gasteiger partial charge in [0.1, 0.15) is 5.75 Å². The molecule has 1 amide bonds. The Labute approximate surface area is 147 Å². The van der Waals surface area contributed by atoms with Gasteiger partial charge in [0.2, 0.25) is 5.91 Å². The highest BCUT2D eigenvalue weighted by atomic mass is 35.5. The summed E-state index contributed by atoms with van der Waals surface area (Å²) in [6.07, 6.45) is 0.317. The Bertz CT molecular complexity index is 700. The SMILES string of the molecule is O=C(C[C@H](c1ccccc1)c1cc(Cl)ccc1O)N1CCNCC1. The Balaban J connectivity index is 1.90. The Morgan fingerprint density at radius 2 is 1.88 bits per heavy atom. The molecule has 1 fully saturated rings. The molecule has 0 saturated carbocycles. The highest BCUT2D eigenvalue weighted by Crippen LogP contribution is 2.36. The standard InChI is InChI=1S/C19H21ClN2O2/c20-15-6-7-18(23)17(12-15)16(14-4-2-1-3-5-14)13-19(24)22-10-8-21-9-11-22/h1-7,12,16,21,23H,8-11,13H2/t16-/m1/s1. The topological polar surface area (TPSA) is 52.6 Å². The van der Waals surface area contributed by atoms with Crippen LogP contribution in [-0.2, 0) is 4.79 Å². The lowest BCUT2D eigenvalue weighted by Crippen LogP contribution is -2.46. The van der Waals surface area contributed by atoms with Crippen LogP contribution in [0.25, 0.3) is 0 Å². The number of carbonyl (C=O) groups is 1. The number of phenolic OH excluding ortho intramolecular Hbond substituents is 1. The van der Waals surface area contributed by atoms with Crippen LogP contribution in [0.1, 0.15) is 23.5 Å². The van der Waals surface area contributed by atoms with Gasteiger partial charge < -0.3 is 15.3 Å². The fourth-order valence-corrected chi connectivity index (χ4v) is 3.30. The quantitative estimate of drug-likeness (QED) is 0.896. The van der Waals surface area contributed by atoms with E-state index in [1.54, 1.807) is 18.2 Å². The molecule has 0 aliphatic carbocycles. The molecule has 2 aromatic carbocycles. The molecule has 0 unspecified atom stereocenters.